The second kappa shape index (κ2) is 9.55. The quantitative estimate of drug-likeness (QED) is 0.707. The van der Waals surface area contributed by atoms with E-state index in [1.807, 2.05) is 30.3 Å². The van der Waals surface area contributed by atoms with Crippen LogP contribution < -0.4 is 10.2 Å². The summed E-state index contributed by atoms with van der Waals surface area (Å²) in [5, 5.41) is 3.71. The molecule has 1 aromatic carbocycles. The lowest BCUT2D eigenvalue weighted by Gasteiger charge is -2.31. The van der Waals surface area contributed by atoms with Gasteiger partial charge in [0.25, 0.3) is 0 Å². The van der Waals surface area contributed by atoms with Gasteiger partial charge >= 0.3 is 6.03 Å². The predicted molar refractivity (Wildman–Crippen MR) is 115 cm³/mol. The highest BCUT2D eigenvalue weighted by atomic mass is 35.5. The van der Waals surface area contributed by atoms with Gasteiger partial charge in [0.15, 0.2) is 0 Å². The molecule has 29 heavy (non-hydrogen) atoms. The Morgan fingerprint density at radius 1 is 1.21 bits per heavy atom. The second-order valence-electron chi connectivity index (χ2n) is 7.73. The van der Waals surface area contributed by atoms with E-state index in [2.05, 4.69) is 10.2 Å². The predicted octanol–water partition coefficient (Wildman–Crippen LogP) is 5.14. The molecule has 6 nitrogen and oxygen atoms in total. The summed E-state index contributed by atoms with van der Waals surface area (Å²) in [6, 6.07) is 9.27. The fraction of sp³-hybridized carbons (Fsp3) is 0.500. The molecule has 4 rings (SSSR count). The van der Waals surface area contributed by atoms with Crippen LogP contribution >= 0.6 is 11.6 Å². The van der Waals surface area contributed by atoms with E-state index in [4.69, 9.17) is 20.8 Å². The smallest absolute Gasteiger partial charge is 0.322 e. The Hall–Kier alpha value is -2.18. The number of nitrogens with zero attached hydrogens (tertiary/aromatic N) is 2. The molecular weight excluding hydrogens is 390 g/mol. The van der Waals surface area contributed by atoms with Crippen molar-refractivity contribution in [2.45, 2.75) is 44.8 Å². The van der Waals surface area contributed by atoms with Crippen molar-refractivity contribution in [1.29, 1.82) is 0 Å². The van der Waals surface area contributed by atoms with Gasteiger partial charge in [-0.2, -0.15) is 0 Å². The first-order chi connectivity index (χ1) is 14.2. The fourth-order valence-electron chi connectivity index (χ4n) is 4.06. The summed E-state index contributed by atoms with van der Waals surface area (Å²) in [6.07, 6.45) is 7.29. The molecule has 0 radical (unpaired) electrons. The number of hydrogen-bond acceptors (Lipinski definition) is 4. The molecule has 1 aromatic heterocycles. The highest BCUT2D eigenvalue weighted by Gasteiger charge is 2.25. The van der Waals surface area contributed by atoms with Gasteiger partial charge in [0.1, 0.15) is 5.76 Å². The Kier molecular flexibility index (Phi) is 6.62. The minimum atomic E-state index is -0.169. The standard InChI is InChI=1S/C22H28ClN3O3/c23-17-8-9-21(25-10-2-1-3-11-25)20(14-17)24-22(27)26(15-18-6-4-12-28-18)16-19-7-5-13-29-19/h4,6,8-9,12,14,19H,1-3,5,7,10-11,13,15-16H2,(H,24,27). The summed E-state index contributed by atoms with van der Waals surface area (Å²) in [5.74, 6) is 0.750. The molecule has 7 heteroatoms. The minimum Gasteiger partial charge on any atom is -0.467 e. The summed E-state index contributed by atoms with van der Waals surface area (Å²) < 4.78 is 11.2. The molecule has 2 aromatic rings. The van der Waals surface area contributed by atoms with E-state index in [1.165, 1.54) is 19.3 Å². The van der Waals surface area contributed by atoms with E-state index in [1.54, 1.807) is 11.2 Å². The van der Waals surface area contributed by atoms with Crippen molar-refractivity contribution in [3.63, 3.8) is 0 Å². The number of hydrogen-bond donors (Lipinski definition) is 1. The zero-order valence-corrected chi connectivity index (χ0v) is 17.4. The lowest BCUT2D eigenvalue weighted by Crippen LogP contribution is -2.40. The number of benzene rings is 1. The van der Waals surface area contributed by atoms with E-state index in [0.717, 1.165) is 49.7 Å². The van der Waals surface area contributed by atoms with Gasteiger partial charge < -0.3 is 24.3 Å². The number of nitrogens with one attached hydrogen (secondary N) is 1. The molecular formula is C22H28ClN3O3. The normalized spacial score (nSPS) is 19.3. The lowest BCUT2D eigenvalue weighted by atomic mass is 10.1. The van der Waals surface area contributed by atoms with Crippen molar-refractivity contribution in [3.8, 4) is 0 Å². The van der Waals surface area contributed by atoms with Crippen molar-refractivity contribution in [3.05, 3.63) is 47.4 Å². The third-order valence-corrected chi connectivity index (χ3v) is 5.79. The summed E-state index contributed by atoms with van der Waals surface area (Å²) in [7, 11) is 0. The fourth-order valence-corrected chi connectivity index (χ4v) is 4.23. The molecule has 2 aliphatic rings. The number of piperidine rings is 1. The zero-order valence-electron chi connectivity index (χ0n) is 16.6. The maximum Gasteiger partial charge on any atom is 0.322 e. The van der Waals surface area contributed by atoms with Crippen LogP contribution in [0.2, 0.25) is 5.02 Å². The summed E-state index contributed by atoms with van der Waals surface area (Å²) in [6.45, 7) is 3.69. The van der Waals surface area contributed by atoms with Crippen LogP contribution in [0.3, 0.4) is 0 Å². The van der Waals surface area contributed by atoms with Gasteiger partial charge in [0.2, 0.25) is 0 Å². The van der Waals surface area contributed by atoms with Crippen LogP contribution in [0.25, 0.3) is 0 Å². The molecule has 0 spiro atoms. The van der Waals surface area contributed by atoms with E-state index in [0.29, 0.717) is 18.1 Å². The molecule has 2 fully saturated rings. The number of rotatable bonds is 6. The molecule has 0 saturated carbocycles. The molecule has 1 N–H and O–H groups in total. The highest BCUT2D eigenvalue weighted by Crippen LogP contribution is 2.31. The Bertz CT molecular complexity index is 800. The summed E-state index contributed by atoms with van der Waals surface area (Å²) in [4.78, 5) is 17.3. The molecule has 0 aliphatic carbocycles. The van der Waals surface area contributed by atoms with Crippen LogP contribution in [0.1, 0.15) is 37.9 Å². The van der Waals surface area contributed by atoms with Gasteiger partial charge in [0, 0.05) is 31.3 Å². The first-order valence-corrected chi connectivity index (χ1v) is 10.8. The number of amides is 2. The van der Waals surface area contributed by atoms with Gasteiger partial charge in [-0.15, -0.1) is 0 Å². The number of urea groups is 1. The number of carbonyl (C=O) groups is 1. The first-order valence-electron chi connectivity index (χ1n) is 10.4. The Balaban J connectivity index is 1.52. The highest BCUT2D eigenvalue weighted by molar-refractivity contribution is 6.31. The topological polar surface area (TPSA) is 58.0 Å². The van der Waals surface area contributed by atoms with Crippen LogP contribution in [-0.4, -0.2) is 43.3 Å². The first kappa shape index (κ1) is 20.1. The van der Waals surface area contributed by atoms with Gasteiger partial charge in [0.05, 0.1) is 30.3 Å². The average Bonchev–Trinajstić information content (AvgIpc) is 3.42. The zero-order chi connectivity index (χ0) is 20.1. The third-order valence-electron chi connectivity index (χ3n) is 5.56. The molecule has 2 aliphatic heterocycles. The van der Waals surface area contributed by atoms with Gasteiger partial charge in [-0.05, 0) is 62.4 Å². The van der Waals surface area contributed by atoms with Crippen molar-refractivity contribution in [2.75, 3.05) is 36.5 Å². The maximum absolute atomic E-state index is 13.2. The number of carbonyl (C=O) groups excluding carboxylic acids is 1. The van der Waals surface area contributed by atoms with Crippen molar-refractivity contribution in [1.82, 2.24) is 4.90 Å². The van der Waals surface area contributed by atoms with Gasteiger partial charge in [-0.1, -0.05) is 11.6 Å². The molecule has 3 heterocycles. The molecule has 1 unspecified atom stereocenters. The number of anilines is 2. The average molecular weight is 418 g/mol. The van der Waals surface area contributed by atoms with E-state index in [-0.39, 0.29) is 12.1 Å². The molecule has 2 amide bonds. The lowest BCUT2D eigenvalue weighted by molar-refractivity contribution is 0.0803. The van der Waals surface area contributed by atoms with Crippen molar-refractivity contribution in [2.24, 2.45) is 0 Å². The Labute approximate surface area is 176 Å². The van der Waals surface area contributed by atoms with Crippen LogP contribution in [-0.2, 0) is 11.3 Å². The van der Waals surface area contributed by atoms with Gasteiger partial charge in [-0.3, -0.25) is 0 Å². The minimum absolute atomic E-state index is 0.0663. The molecule has 0 bridgehead atoms. The molecule has 1 atom stereocenters. The SMILES string of the molecule is O=C(Nc1cc(Cl)ccc1N1CCCCC1)N(Cc1ccco1)CC1CCCO1. The third kappa shape index (κ3) is 5.25. The maximum atomic E-state index is 13.2. The van der Waals surface area contributed by atoms with Crippen LogP contribution in [0.15, 0.2) is 41.0 Å². The number of halogens is 1. The van der Waals surface area contributed by atoms with E-state index >= 15 is 0 Å². The van der Waals surface area contributed by atoms with E-state index < -0.39 is 0 Å². The molecule has 156 valence electrons. The number of furan rings is 1. The van der Waals surface area contributed by atoms with Crippen molar-refractivity contribution < 1.29 is 13.9 Å². The summed E-state index contributed by atoms with van der Waals surface area (Å²) in [5.41, 5.74) is 1.78. The van der Waals surface area contributed by atoms with Crippen LogP contribution in [0, 0.1) is 0 Å². The monoisotopic (exact) mass is 417 g/mol. The van der Waals surface area contributed by atoms with Crippen molar-refractivity contribution >= 4 is 29.0 Å². The number of ether oxygens (including phenoxy) is 1. The second-order valence-corrected chi connectivity index (χ2v) is 8.17. The van der Waals surface area contributed by atoms with Crippen LogP contribution in [0.4, 0.5) is 16.2 Å². The Morgan fingerprint density at radius 3 is 2.79 bits per heavy atom. The van der Waals surface area contributed by atoms with E-state index in [9.17, 15) is 4.79 Å². The van der Waals surface area contributed by atoms with Gasteiger partial charge in [-0.25, -0.2) is 4.79 Å². The Morgan fingerprint density at radius 2 is 2.07 bits per heavy atom. The van der Waals surface area contributed by atoms with Crippen LogP contribution in [0.5, 0.6) is 0 Å². The largest absolute Gasteiger partial charge is 0.467 e. The molecule has 2 saturated heterocycles. The summed E-state index contributed by atoms with van der Waals surface area (Å²) >= 11 is 6.25.